The van der Waals surface area contributed by atoms with Crippen molar-refractivity contribution in [2.75, 3.05) is 32.3 Å². The number of carbonyl (C=O) groups is 2. The highest BCUT2D eigenvalue weighted by Gasteiger charge is 2.30. The lowest BCUT2D eigenvalue weighted by Gasteiger charge is -2.26. The van der Waals surface area contributed by atoms with Crippen molar-refractivity contribution >= 4 is 17.6 Å². The predicted octanol–water partition coefficient (Wildman–Crippen LogP) is 2.22. The van der Waals surface area contributed by atoms with Gasteiger partial charge in [0.05, 0.1) is 38.7 Å². The van der Waals surface area contributed by atoms with Gasteiger partial charge in [0.1, 0.15) is 5.70 Å². The molecule has 1 fully saturated rings. The second-order valence-corrected chi connectivity index (χ2v) is 5.45. The molecule has 2 aliphatic rings. The molecule has 0 unspecified atom stereocenters. The summed E-state index contributed by atoms with van der Waals surface area (Å²) < 4.78 is 20.9. The van der Waals surface area contributed by atoms with E-state index in [0.717, 1.165) is 5.56 Å². The molecule has 7 nitrogen and oxygen atoms in total. The van der Waals surface area contributed by atoms with Crippen molar-refractivity contribution < 1.29 is 28.5 Å². The van der Waals surface area contributed by atoms with Crippen LogP contribution in [0.25, 0.3) is 0 Å². The normalized spacial score (nSPS) is 17.4. The summed E-state index contributed by atoms with van der Waals surface area (Å²) in [5, 5.41) is 0. The fourth-order valence-electron chi connectivity index (χ4n) is 2.80. The third-order valence-electron chi connectivity index (χ3n) is 3.96. The van der Waals surface area contributed by atoms with Gasteiger partial charge in [-0.1, -0.05) is 24.3 Å². The van der Waals surface area contributed by atoms with Gasteiger partial charge in [-0.25, -0.2) is 9.59 Å². The van der Waals surface area contributed by atoms with Crippen LogP contribution in [-0.2, 0) is 28.5 Å². The van der Waals surface area contributed by atoms with Crippen LogP contribution in [0.2, 0.25) is 0 Å². The van der Waals surface area contributed by atoms with Crippen LogP contribution >= 0.6 is 0 Å². The van der Waals surface area contributed by atoms with Crippen LogP contribution in [0.3, 0.4) is 0 Å². The van der Waals surface area contributed by atoms with Crippen LogP contribution < -0.4 is 4.90 Å². The molecule has 0 aromatic heterocycles. The van der Waals surface area contributed by atoms with Gasteiger partial charge < -0.3 is 23.8 Å². The molecule has 1 aromatic rings. The Morgan fingerprint density at radius 1 is 1.04 bits per heavy atom. The minimum Gasteiger partial charge on any atom is -0.465 e. The number of ether oxygens (including phenoxy) is 4. The Hall–Kier alpha value is -2.90. The van der Waals surface area contributed by atoms with Gasteiger partial charge in [-0.3, -0.25) is 0 Å². The summed E-state index contributed by atoms with van der Waals surface area (Å²) in [7, 11) is 2.52. The van der Waals surface area contributed by atoms with E-state index >= 15 is 0 Å². The molecule has 2 aliphatic heterocycles. The predicted molar refractivity (Wildman–Crippen MR) is 92.9 cm³/mol. The average molecular weight is 357 g/mol. The SMILES string of the molecule is COC(=O)C1=C(C(=O)OC)N(c2ccccc2C2OCCO2)C=CC=C1. The quantitative estimate of drug-likeness (QED) is 0.765. The lowest BCUT2D eigenvalue weighted by Crippen LogP contribution is -2.28. The van der Waals surface area contributed by atoms with Gasteiger partial charge in [0.25, 0.3) is 0 Å². The summed E-state index contributed by atoms with van der Waals surface area (Å²) in [5.74, 6) is -1.30. The second-order valence-electron chi connectivity index (χ2n) is 5.45. The third kappa shape index (κ3) is 3.40. The van der Waals surface area contributed by atoms with Crippen LogP contribution in [0.4, 0.5) is 5.69 Å². The molecule has 0 spiro atoms. The number of anilines is 1. The Morgan fingerprint density at radius 3 is 2.42 bits per heavy atom. The number of rotatable bonds is 4. The highest BCUT2D eigenvalue weighted by molar-refractivity contribution is 6.05. The molecular weight excluding hydrogens is 338 g/mol. The topological polar surface area (TPSA) is 74.3 Å². The van der Waals surface area contributed by atoms with Crippen molar-refractivity contribution in [2.45, 2.75) is 6.29 Å². The molecule has 0 bridgehead atoms. The molecule has 2 heterocycles. The summed E-state index contributed by atoms with van der Waals surface area (Å²) in [6.07, 6.45) is 6.01. The minimum atomic E-state index is -0.662. The number of nitrogens with zero attached hydrogens (tertiary/aromatic N) is 1. The largest absolute Gasteiger partial charge is 0.465 e. The van der Waals surface area contributed by atoms with E-state index in [1.165, 1.54) is 20.3 Å². The maximum absolute atomic E-state index is 12.5. The van der Waals surface area contributed by atoms with E-state index in [1.807, 2.05) is 24.3 Å². The number of hydrogen-bond donors (Lipinski definition) is 0. The monoisotopic (exact) mass is 357 g/mol. The Kier molecular flexibility index (Phi) is 5.50. The molecule has 136 valence electrons. The highest BCUT2D eigenvalue weighted by Crippen LogP contribution is 2.35. The van der Waals surface area contributed by atoms with Crippen molar-refractivity contribution in [3.63, 3.8) is 0 Å². The van der Waals surface area contributed by atoms with Gasteiger partial charge >= 0.3 is 11.9 Å². The first-order valence-electron chi connectivity index (χ1n) is 8.04. The van der Waals surface area contributed by atoms with Crippen LogP contribution in [-0.4, -0.2) is 39.4 Å². The summed E-state index contributed by atoms with van der Waals surface area (Å²) in [5.41, 5.74) is 1.52. The van der Waals surface area contributed by atoms with Gasteiger partial charge in [0.2, 0.25) is 0 Å². The summed E-state index contributed by atoms with van der Waals surface area (Å²) in [6.45, 7) is 0.979. The molecule has 7 heteroatoms. The third-order valence-corrected chi connectivity index (χ3v) is 3.96. The summed E-state index contributed by atoms with van der Waals surface area (Å²) in [4.78, 5) is 26.3. The fourth-order valence-corrected chi connectivity index (χ4v) is 2.80. The van der Waals surface area contributed by atoms with E-state index in [-0.39, 0.29) is 11.3 Å². The smallest absolute Gasteiger partial charge is 0.355 e. The number of allylic oxidation sites excluding steroid dienone is 2. The van der Waals surface area contributed by atoms with Gasteiger partial charge in [-0.15, -0.1) is 0 Å². The Balaban J connectivity index is 2.16. The van der Waals surface area contributed by atoms with Crippen LogP contribution in [0.1, 0.15) is 11.9 Å². The molecule has 0 atom stereocenters. The van der Waals surface area contributed by atoms with Gasteiger partial charge in [-0.05, 0) is 18.2 Å². The van der Waals surface area contributed by atoms with Gasteiger partial charge in [0.15, 0.2) is 6.29 Å². The van der Waals surface area contributed by atoms with Crippen molar-refractivity contribution in [1.82, 2.24) is 0 Å². The molecule has 26 heavy (non-hydrogen) atoms. The lowest BCUT2D eigenvalue weighted by atomic mass is 10.1. The standard InChI is InChI=1S/C19H19NO6/c1-23-17(21)14-8-5-6-10-20(16(14)18(22)24-2)15-9-4-3-7-13(15)19-25-11-12-26-19/h3-10,19H,11-12H2,1-2H3. The van der Waals surface area contributed by atoms with E-state index in [0.29, 0.717) is 18.9 Å². The molecule has 1 aromatic carbocycles. The Morgan fingerprint density at radius 2 is 1.73 bits per heavy atom. The highest BCUT2D eigenvalue weighted by atomic mass is 16.7. The van der Waals surface area contributed by atoms with E-state index in [9.17, 15) is 9.59 Å². The van der Waals surface area contributed by atoms with Crippen molar-refractivity contribution in [1.29, 1.82) is 0 Å². The molecule has 0 aliphatic carbocycles. The first-order chi connectivity index (χ1) is 12.7. The number of benzene rings is 1. The zero-order valence-corrected chi connectivity index (χ0v) is 14.5. The molecule has 0 amide bonds. The number of esters is 2. The summed E-state index contributed by atoms with van der Waals surface area (Å²) in [6, 6.07) is 7.34. The van der Waals surface area contributed by atoms with E-state index in [1.54, 1.807) is 23.3 Å². The first-order valence-corrected chi connectivity index (χ1v) is 8.04. The average Bonchev–Trinajstić information content (AvgIpc) is 3.13. The molecule has 0 saturated carbocycles. The fraction of sp³-hybridized carbons (Fsp3) is 0.263. The van der Waals surface area contributed by atoms with E-state index in [4.69, 9.17) is 18.9 Å². The molecule has 3 rings (SSSR count). The van der Waals surface area contributed by atoms with Crippen LogP contribution in [0, 0.1) is 0 Å². The number of carbonyl (C=O) groups excluding carboxylic acids is 2. The second kappa shape index (κ2) is 7.99. The molecule has 1 saturated heterocycles. The molecule has 0 radical (unpaired) electrons. The number of para-hydroxylation sites is 1. The molecule has 0 N–H and O–H groups in total. The number of hydrogen-bond acceptors (Lipinski definition) is 7. The maximum atomic E-state index is 12.5. The van der Waals surface area contributed by atoms with E-state index < -0.39 is 18.2 Å². The minimum absolute atomic E-state index is 0.0507. The maximum Gasteiger partial charge on any atom is 0.355 e. The van der Waals surface area contributed by atoms with Crippen molar-refractivity contribution in [2.24, 2.45) is 0 Å². The van der Waals surface area contributed by atoms with Gasteiger partial charge in [-0.2, -0.15) is 0 Å². The molecular formula is C19H19NO6. The summed E-state index contributed by atoms with van der Waals surface area (Å²) >= 11 is 0. The van der Waals surface area contributed by atoms with Crippen molar-refractivity contribution in [3.05, 3.63) is 65.5 Å². The van der Waals surface area contributed by atoms with Gasteiger partial charge in [0, 0.05) is 11.8 Å². The van der Waals surface area contributed by atoms with E-state index in [2.05, 4.69) is 0 Å². The first kappa shape index (κ1) is 17.9. The van der Waals surface area contributed by atoms with Crippen LogP contribution in [0.15, 0.2) is 60.0 Å². The zero-order valence-electron chi connectivity index (χ0n) is 14.5. The lowest BCUT2D eigenvalue weighted by molar-refractivity contribution is -0.139. The van der Waals surface area contributed by atoms with Crippen molar-refractivity contribution in [3.8, 4) is 0 Å². The number of methoxy groups -OCH3 is 2. The zero-order chi connectivity index (χ0) is 18.5. The Bertz CT molecular complexity index is 789. The Labute approximate surface area is 151 Å². The van der Waals surface area contributed by atoms with Crippen LogP contribution in [0.5, 0.6) is 0 Å².